The summed E-state index contributed by atoms with van der Waals surface area (Å²) in [6.07, 6.45) is -1.45. The van der Waals surface area contributed by atoms with Crippen molar-refractivity contribution in [3.05, 3.63) is 29.8 Å². The molecule has 0 heterocycles. The Morgan fingerprint density at radius 3 is 2.42 bits per heavy atom. The van der Waals surface area contributed by atoms with Crippen molar-refractivity contribution in [3.63, 3.8) is 0 Å². The van der Waals surface area contributed by atoms with E-state index in [0.717, 1.165) is 12.8 Å². The Hall–Kier alpha value is -1.61. The second-order valence-electron chi connectivity index (χ2n) is 6.94. The van der Waals surface area contributed by atoms with Crippen LogP contribution < -0.4 is 10.0 Å². The molecule has 2 fully saturated rings. The number of hydrogen-bond donors (Lipinski definition) is 2. The highest BCUT2D eigenvalue weighted by Crippen LogP contribution is 2.37. The van der Waals surface area contributed by atoms with Crippen LogP contribution in [-0.4, -0.2) is 32.6 Å². The molecular weight excluding hydrogens is 369 g/mol. The van der Waals surface area contributed by atoms with Crippen molar-refractivity contribution in [2.45, 2.75) is 61.7 Å². The molecule has 5 nitrogen and oxygen atoms in total. The average molecular weight is 390 g/mol. The molecule has 1 aromatic rings. The summed E-state index contributed by atoms with van der Waals surface area (Å²) >= 11 is 0. The molecule has 2 aliphatic carbocycles. The molecule has 2 atom stereocenters. The summed E-state index contributed by atoms with van der Waals surface area (Å²) in [6, 6.07) is 4.31. The normalized spacial score (nSPS) is 24.3. The van der Waals surface area contributed by atoms with Crippen molar-refractivity contribution in [3.8, 4) is 0 Å². The lowest BCUT2D eigenvalue weighted by atomic mass is 9.84. The number of hydrogen-bond acceptors (Lipinski definition) is 3. The Kier molecular flexibility index (Phi) is 5.30. The Morgan fingerprint density at radius 1 is 1.08 bits per heavy atom. The van der Waals surface area contributed by atoms with E-state index in [-0.39, 0.29) is 29.3 Å². The molecule has 0 bridgehead atoms. The lowest BCUT2D eigenvalue weighted by molar-refractivity contribution is -0.187. The maximum Gasteiger partial charge on any atom is 0.393 e. The van der Waals surface area contributed by atoms with Crippen LogP contribution in [-0.2, 0) is 10.0 Å². The van der Waals surface area contributed by atoms with E-state index in [1.165, 1.54) is 24.3 Å². The smallest absolute Gasteiger partial charge is 0.349 e. The van der Waals surface area contributed by atoms with Crippen LogP contribution in [0, 0.1) is 5.92 Å². The lowest BCUT2D eigenvalue weighted by Gasteiger charge is -2.33. The fourth-order valence-electron chi connectivity index (χ4n) is 3.24. The molecule has 9 heteroatoms. The summed E-state index contributed by atoms with van der Waals surface area (Å²) in [5, 5.41) is 2.45. The van der Waals surface area contributed by atoms with Gasteiger partial charge in [0.1, 0.15) is 0 Å². The quantitative estimate of drug-likeness (QED) is 0.812. The second-order valence-corrected chi connectivity index (χ2v) is 8.65. The topological polar surface area (TPSA) is 75.3 Å². The third kappa shape index (κ3) is 4.56. The van der Waals surface area contributed by atoms with E-state index < -0.39 is 34.1 Å². The van der Waals surface area contributed by atoms with Gasteiger partial charge >= 0.3 is 6.18 Å². The number of carbonyl (C=O) groups is 1. The Bertz CT molecular complexity index is 776. The molecule has 0 saturated heterocycles. The van der Waals surface area contributed by atoms with Crippen molar-refractivity contribution < 1.29 is 26.4 Å². The van der Waals surface area contributed by atoms with Gasteiger partial charge in [-0.25, -0.2) is 13.1 Å². The molecule has 0 spiro atoms. The molecule has 1 aromatic carbocycles. The number of amides is 1. The van der Waals surface area contributed by atoms with Gasteiger partial charge < -0.3 is 5.32 Å². The van der Waals surface area contributed by atoms with Crippen LogP contribution >= 0.6 is 0 Å². The van der Waals surface area contributed by atoms with Crippen molar-refractivity contribution in [2.75, 3.05) is 0 Å². The van der Waals surface area contributed by atoms with Crippen LogP contribution in [0.4, 0.5) is 13.2 Å². The minimum atomic E-state index is -4.36. The van der Waals surface area contributed by atoms with E-state index in [4.69, 9.17) is 0 Å². The maximum absolute atomic E-state index is 13.2. The average Bonchev–Trinajstić information content (AvgIpc) is 3.38. The zero-order valence-corrected chi connectivity index (χ0v) is 14.9. The van der Waals surface area contributed by atoms with E-state index in [1.54, 1.807) is 0 Å². The van der Waals surface area contributed by atoms with Crippen LogP contribution in [0.2, 0.25) is 0 Å². The number of carbonyl (C=O) groups excluding carboxylic acids is 1. The number of alkyl halides is 3. The molecule has 2 N–H and O–H groups in total. The molecule has 0 radical (unpaired) electrons. The number of halogens is 3. The van der Waals surface area contributed by atoms with E-state index in [2.05, 4.69) is 10.0 Å². The summed E-state index contributed by atoms with van der Waals surface area (Å²) in [6.45, 7) is 0. The zero-order chi connectivity index (χ0) is 18.9. The first-order valence-electron chi connectivity index (χ1n) is 8.67. The summed E-state index contributed by atoms with van der Waals surface area (Å²) in [5.74, 6) is -2.25. The highest BCUT2D eigenvalue weighted by Gasteiger charge is 2.46. The molecule has 2 saturated carbocycles. The van der Waals surface area contributed by atoms with Crippen LogP contribution in [0.15, 0.2) is 29.2 Å². The number of nitrogens with one attached hydrogen (secondary N) is 2. The fraction of sp³-hybridized carbons (Fsp3) is 0.588. The first-order chi connectivity index (χ1) is 12.2. The zero-order valence-electron chi connectivity index (χ0n) is 14.1. The molecular formula is C17H21F3N2O3S. The number of sulfonamides is 1. The fourth-order valence-corrected chi connectivity index (χ4v) is 4.59. The third-order valence-corrected chi connectivity index (χ3v) is 6.33. The van der Waals surface area contributed by atoms with Gasteiger partial charge in [0.15, 0.2) is 0 Å². The van der Waals surface area contributed by atoms with Gasteiger partial charge in [-0.15, -0.1) is 0 Å². The Balaban J connectivity index is 1.74. The van der Waals surface area contributed by atoms with E-state index in [9.17, 15) is 26.4 Å². The second kappa shape index (κ2) is 7.19. The van der Waals surface area contributed by atoms with Crippen molar-refractivity contribution >= 4 is 15.9 Å². The van der Waals surface area contributed by atoms with Gasteiger partial charge in [-0.2, -0.15) is 13.2 Å². The molecule has 2 unspecified atom stereocenters. The Morgan fingerprint density at radius 2 is 1.77 bits per heavy atom. The Labute approximate surface area is 150 Å². The first kappa shape index (κ1) is 19.2. The van der Waals surface area contributed by atoms with Crippen molar-refractivity contribution in [2.24, 2.45) is 5.92 Å². The maximum atomic E-state index is 13.2. The summed E-state index contributed by atoms with van der Waals surface area (Å²) < 4.78 is 66.5. The monoisotopic (exact) mass is 390 g/mol. The van der Waals surface area contributed by atoms with Gasteiger partial charge in [0.05, 0.1) is 10.8 Å². The van der Waals surface area contributed by atoms with Crippen LogP contribution in [0.5, 0.6) is 0 Å². The van der Waals surface area contributed by atoms with Gasteiger partial charge in [0, 0.05) is 17.6 Å². The predicted molar refractivity (Wildman–Crippen MR) is 89.1 cm³/mol. The van der Waals surface area contributed by atoms with Crippen molar-refractivity contribution in [1.82, 2.24) is 10.0 Å². The van der Waals surface area contributed by atoms with E-state index >= 15 is 0 Å². The molecule has 3 rings (SSSR count). The van der Waals surface area contributed by atoms with Crippen LogP contribution in [0.25, 0.3) is 0 Å². The molecule has 0 aromatic heterocycles. The highest BCUT2D eigenvalue weighted by atomic mass is 32.2. The summed E-state index contributed by atoms with van der Waals surface area (Å²) in [7, 11) is -3.73. The first-order valence-corrected chi connectivity index (χ1v) is 10.1. The van der Waals surface area contributed by atoms with Gasteiger partial charge in [-0.05, 0) is 43.9 Å². The third-order valence-electron chi connectivity index (χ3n) is 4.81. The minimum absolute atomic E-state index is 0.00578. The van der Waals surface area contributed by atoms with E-state index in [1.807, 2.05) is 0 Å². The molecule has 2 aliphatic rings. The van der Waals surface area contributed by atoms with E-state index in [0.29, 0.717) is 12.8 Å². The van der Waals surface area contributed by atoms with Gasteiger partial charge in [-0.1, -0.05) is 18.9 Å². The van der Waals surface area contributed by atoms with Gasteiger partial charge in [-0.3, -0.25) is 4.79 Å². The van der Waals surface area contributed by atoms with Gasteiger partial charge in [0.25, 0.3) is 5.91 Å². The molecule has 1 amide bonds. The molecule has 144 valence electrons. The van der Waals surface area contributed by atoms with Crippen molar-refractivity contribution in [1.29, 1.82) is 0 Å². The van der Waals surface area contributed by atoms with Crippen LogP contribution in [0.1, 0.15) is 48.9 Å². The van der Waals surface area contributed by atoms with Gasteiger partial charge in [0.2, 0.25) is 10.0 Å². The SMILES string of the molecule is O=C(NC1CCCCC1C(F)(F)F)c1cccc(S(=O)(=O)NC2CC2)c1. The lowest BCUT2D eigenvalue weighted by Crippen LogP contribution is -2.47. The summed E-state index contributed by atoms with van der Waals surface area (Å²) in [4.78, 5) is 12.3. The largest absolute Gasteiger partial charge is 0.393 e. The standard InChI is InChI=1S/C17H21F3N2O3S/c18-17(19,20)14-6-1-2-7-15(14)21-16(23)11-4-3-5-13(10-11)26(24,25)22-12-8-9-12/h3-5,10,12,14-15,22H,1-2,6-9H2,(H,21,23). The minimum Gasteiger partial charge on any atom is -0.349 e. The number of benzene rings is 1. The highest BCUT2D eigenvalue weighted by molar-refractivity contribution is 7.89. The summed E-state index contributed by atoms with van der Waals surface area (Å²) in [5.41, 5.74) is 0.0372. The molecule has 26 heavy (non-hydrogen) atoms. The van der Waals surface area contributed by atoms with Crippen LogP contribution in [0.3, 0.4) is 0 Å². The predicted octanol–water partition coefficient (Wildman–Crippen LogP) is 2.98. The number of rotatable bonds is 5. The molecule has 0 aliphatic heterocycles.